The largest absolute Gasteiger partial charge is 0.384 e. The number of aryl methyl sites for hydroxylation is 1. The van der Waals surface area contributed by atoms with E-state index in [0.29, 0.717) is 11.6 Å². The van der Waals surface area contributed by atoms with Gasteiger partial charge in [0.05, 0.1) is 0 Å². The first kappa shape index (κ1) is 9.71. The highest BCUT2D eigenvalue weighted by Crippen LogP contribution is 2.18. The minimum atomic E-state index is 0.458. The molecule has 0 bridgehead atoms. The van der Waals surface area contributed by atoms with Crippen LogP contribution >= 0.6 is 0 Å². The summed E-state index contributed by atoms with van der Waals surface area (Å²) in [5.41, 5.74) is 8.19. The van der Waals surface area contributed by atoms with Gasteiger partial charge in [-0.3, -0.25) is 4.40 Å². The summed E-state index contributed by atoms with van der Waals surface area (Å²) in [6, 6.07) is 5.48. The maximum Gasteiger partial charge on any atom is 0.169 e. The van der Waals surface area contributed by atoms with Crippen LogP contribution in [0.1, 0.15) is 5.69 Å². The maximum absolute atomic E-state index is 5.65. The van der Waals surface area contributed by atoms with Crippen LogP contribution in [0.25, 0.3) is 17.0 Å². The van der Waals surface area contributed by atoms with Crippen LogP contribution in [0, 0.1) is 6.92 Å². The van der Waals surface area contributed by atoms with Gasteiger partial charge in [-0.15, -0.1) is 10.2 Å². The van der Waals surface area contributed by atoms with Gasteiger partial charge in [-0.25, -0.2) is 9.97 Å². The molecule has 0 fully saturated rings. The van der Waals surface area contributed by atoms with Crippen molar-refractivity contribution in [2.75, 3.05) is 5.73 Å². The molecule has 6 nitrogen and oxygen atoms in total. The summed E-state index contributed by atoms with van der Waals surface area (Å²) in [5.74, 6) is 1.17. The van der Waals surface area contributed by atoms with Crippen molar-refractivity contribution >= 4 is 11.5 Å². The van der Waals surface area contributed by atoms with Gasteiger partial charge in [-0.1, -0.05) is 0 Å². The summed E-state index contributed by atoms with van der Waals surface area (Å²) < 4.78 is 1.82. The lowest BCUT2D eigenvalue weighted by Crippen LogP contribution is -1.94. The number of anilines is 1. The fourth-order valence-corrected chi connectivity index (χ4v) is 1.67. The van der Waals surface area contributed by atoms with Crippen molar-refractivity contribution in [1.82, 2.24) is 24.6 Å². The number of nitrogens with zero attached hydrogens (tertiary/aromatic N) is 5. The summed E-state index contributed by atoms with van der Waals surface area (Å²) in [6.07, 6.45) is 3.35. The Morgan fingerprint density at radius 2 is 2.06 bits per heavy atom. The van der Waals surface area contributed by atoms with Gasteiger partial charge >= 0.3 is 0 Å². The third kappa shape index (κ3) is 1.59. The molecule has 3 aromatic rings. The van der Waals surface area contributed by atoms with Crippen molar-refractivity contribution in [2.24, 2.45) is 0 Å². The van der Waals surface area contributed by atoms with Crippen LogP contribution in [0.3, 0.4) is 0 Å². The molecule has 0 radical (unpaired) electrons. The van der Waals surface area contributed by atoms with Crippen molar-refractivity contribution < 1.29 is 0 Å². The van der Waals surface area contributed by atoms with E-state index >= 15 is 0 Å². The topological polar surface area (TPSA) is 82.0 Å². The smallest absolute Gasteiger partial charge is 0.169 e. The minimum absolute atomic E-state index is 0.458. The monoisotopic (exact) mass is 226 g/mol. The SMILES string of the molecule is Cc1cc2nnc(-c3ccnc(N)c3)n2cn1. The molecule has 0 spiro atoms. The Morgan fingerprint density at radius 3 is 2.88 bits per heavy atom. The highest BCUT2D eigenvalue weighted by Gasteiger charge is 2.08. The number of hydrogen-bond acceptors (Lipinski definition) is 5. The fourth-order valence-electron chi connectivity index (χ4n) is 1.67. The molecule has 0 aromatic carbocycles. The lowest BCUT2D eigenvalue weighted by Gasteiger charge is -2.00. The van der Waals surface area contributed by atoms with Crippen LogP contribution in [0.15, 0.2) is 30.7 Å². The molecule has 0 amide bonds. The molecule has 0 atom stereocenters. The number of rotatable bonds is 1. The van der Waals surface area contributed by atoms with Crippen molar-refractivity contribution in [3.63, 3.8) is 0 Å². The Balaban J connectivity index is 2.24. The average Bonchev–Trinajstić information content (AvgIpc) is 2.71. The molecule has 17 heavy (non-hydrogen) atoms. The zero-order valence-corrected chi connectivity index (χ0v) is 9.20. The van der Waals surface area contributed by atoms with Gasteiger partial charge in [-0.2, -0.15) is 0 Å². The van der Waals surface area contributed by atoms with Gasteiger partial charge in [0.1, 0.15) is 12.1 Å². The van der Waals surface area contributed by atoms with E-state index in [1.54, 1.807) is 18.6 Å². The standard InChI is InChI=1S/C11H10N6/c1-7-4-10-15-16-11(17(10)6-14-7)8-2-3-13-9(12)5-8/h2-6H,1H3,(H2,12,13). The van der Waals surface area contributed by atoms with Crippen molar-refractivity contribution in [3.05, 3.63) is 36.4 Å². The predicted octanol–water partition coefficient (Wildman–Crippen LogP) is 1.08. The number of nitrogen functional groups attached to an aromatic ring is 1. The van der Waals surface area contributed by atoms with Gasteiger partial charge in [0.25, 0.3) is 0 Å². The van der Waals surface area contributed by atoms with Crippen molar-refractivity contribution in [2.45, 2.75) is 6.92 Å². The van der Waals surface area contributed by atoms with Crippen LogP contribution in [-0.2, 0) is 0 Å². The van der Waals surface area contributed by atoms with Gasteiger partial charge < -0.3 is 5.73 Å². The predicted molar refractivity (Wildman–Crippen MR) is 63.2 cm³/mol. The van der Waals surface area contributed by atoms with Crippen molar-refractivity contribution in [1.29, 1.82) is 0 Å². The van der Waals surface area contributed by atoms with E-state index in [1.807, 2.05) is 23.5 Å². The summed E-state index contributed by atoms with van der Waals surface area (Å²) in [4.78, 5) is 8.17. The number of nitrogens with two attached hydrogens (primary N) is 1. The molecule has 0 unspecified atom stereocenters. The van der Waals surface area contributed by atoms with Crippen LogP contribution in [-0.4, -0.2) is 24.6 Å². The first-order valence-corrected chi connectivity index (χ1v) is 5.13. The summed E-state index contributed by atoms with van der Waals surface area (Å²) in [5, 5.41) is 8.23. The second-order valence-corrected chi connectivity index (χ2v) is 3.75. The van der Waals surface area contributed by atoms with Gasteiger partial charge in [0, 0.05) is 23.5 Å². The molecule has 2 N–H and O–H groups in total. The number of hydrogen-bond donors (Lipinski definition) is 1. The third-order valence-electron chi connectivity index (χ3n) is 2.48. The molecule has 3 aromatic heterocycles. The molecule has 84 valence electrons. The van der Waals surface area contributed by atoms with Crippen LogP contribution in [0.5, 0.6) is 0 Å². The first-order valence-electron chi connectivity index (χ1n) is 5.13. The van der Waals surface area contributed by atoms with E-state index in [-0.39, 0.29) is 0 Å². The lowest BCUT2D eigenvalue weighted by atomic mass is 10.2. The van der Waals surface area contributed by atoms with Gasteiger partial charge in [-0.05, 0) is 19.1 Å². The van der Waals surface area contributed by atoms with E-state index in [9.17, 15) is 0 Å². The second-order valence-electron chi connectivity index (χ2n) is 3.75. The highest BCUT2D eigenvalue weighted by atomic mass is 15.3. The normalized spacial score (nSPS) is 10.9. The summed E-state index contributed by atoms with van der Waals surface area (Å²) >= 11 is 0. The summed E-state index contributed by atoms with van der Waals surface area (Å²) in [6.45, 7) is 1.92. The molecular formula is C11H10N6. The Hall–Kier alpha value is -2.50. The third-order valence-corrected chi connectivity index (χ3v) is 2.48. The Labute approximate surface area is 97.2 Å². The maximum atomic E-state index is 5.65. The number of fused-ring (bicyclic) bond motifs is 1. The molecule has 3 heterocycles. The fraction of sp³-hybridized carbons (Fsp3) is 0.0909. The molecule has 6 heteroatoms. The minimum Gasteiger partial charge on any atom is -0.384 e. The van der Waals surface area contributed by atoms with Crippen molar-refractivity contribution in [3.8, 4) is 11.4 Å². The quantitative estimate of drug-likeness (QED) is 0.671. The van der Waals surface area contributed by atoms with Crippen LogP contribution in [0.2, 0.25) is 0 Å². The Morgan fingerprint density at radius 1 is 1.18 bits per heavy atom. The molecule has 0 aliphatic heterocycles. The summed E-state index contributed by atoms with van der Waals surface area (Å²) in [7, 11) is 0. The van der Waals surface area contributed by atoms with Crippen LogP contribution in [0.4, 0.5) is 5.82 Å². The van der Waals surface area contributed by atoms with E-state index in [4.69, 9.17) is 5.73 Å². The zero-order chi connectivity index (χ0) is 11.8. The van der Waals surface area contributed by atoms with Crippen LogP contribution < -0.4 is 5.73 Å². The lowest BCUT2D eigenvalue weighted by molar-refractivity contribution is 1.05. The van der Waals surface area contributed by atoms with Gasteiger partial charge in [0.15, 0.2) is 11.5 Å². The number of pyridine rings is 1. The zero-order valence-electron chi connectivity index (χ0n) is 9.20. The first-order chi connectivity index (χ1) is 8.24. The molecule has 0 aliphatic carbocycles. The molecule has 0 aliphatic rings. The Kier molecular flexibility index (Phi) is 2.01. The van der Waals surface area contributed by atoms with E-state index in [0.717, 1.165) is 16.9 Å². The average molecular weight is 226 g/mol. The van der Waals surface area contributed by atoms with E-state index in [2.05, 4.69) is 20.2 Å². The molecule has 3 rings (SSSR count). The number of aromatic nitrogens is 5. The Bertz CT molecular complexity index is 687. The molecule has 0 saturated heterocycles. The highest BCUT2D eigenvalue weighted by molar-refractivity contribution is 5.61. The molecular weight excluding hydrogens is 216 g/mol. The van der Waals surface area contributed by atoms with E-state index < -0.39 is 0 Å². The van der Waals surface area contributed by atoms with Gasteiger partial charge in [0.2, 0.25) is 0 Å². The molecule has 0 saturated carbocycles. The second kappa shape index (κ2) is 3.51. The van der Waals surface area contributed by atoms with E-state index in [1.165, 1.54) is 0 Å².